The molecule has 1 rings (SSSR count). The second-order valence-corrected chi connectivity index (χ2v) is 6.43. The fourth-order valence-corrected chi connectivity index (χ4v) is 2.47. The molecule has 10 heteroatoms. The van der Waals surface area contributed by atoms with Gasteiger partial charge in [0.15, 0.2) is 17.5 Å². The molecule has 0 aromatic heterocycles. The van der Waals surface area contributed by atoms with Crippen LogP contribution in [0.15, 0.2) is 29.3 Å². The van der Waals surface area contributed by atoms with Crippen LogP contribution in [0.5, 0.6) is 11.5 Å². The van der Waals surface area contributed by atoms with Crippen LogP contribution in [0.2, 0.25) is 0 Å². The van der Waals surface area contributed by atoms with Gasteiger partial charge in [-0.1, -0.05) is 12.1 Å². The second-order valence-electron chi connectivity index (χ2n) is 6.43. The quantitative estimate of drug-likeness (QED) is 0.198. The minimum absolute atomic E-state index is 0. The van der Waals surface area contributed by atoms with Gasteiger partial charge in [-0.25, -0.2) is 4.99 Å². The van der Waals surface area contributed by atoms with Crippen LogP contribution in [0.3, 0.4) is 0 Å². The molecular formula is C19H32F3IN4O2. The Kier molecular flexibility index (Phi) is 13.8. The van der Waals surface area contributed by atoms with E-state index < -0.39 is 12.7 Å². The van der Waals surface area contributed by atoms with Gasteiger partial charge < -0.3 is 20.1 Å². The van der Waals surface area contributed by atoms with Crippen LogP contribution in [0, 0.1) is 0 Å². The number of nitrogens with one attached hydrogen (secondary N) is 2. The van der Waals surface area contributed by atoms with Gasteiger partial charge in [-0.3, -0.25) is 4.90 Å². The lowest BCUT2D eigenvalue weighted by atomic mass is 10.3. The van der Waals surface area contributed by atoms with Gasteiger partial charge in [0.05, 0.1) is 20.2 Å². The molecule has 1 aromatic carbocycles. The fraction of sp³-hybridized carbons (Fsp3) is 0.632. The third kappa shape index (κ3) is 12.7. The number of guanidine groups is 1. The lowest BCUT2D eigenvalue weighted by molar-refractivity contribution is -0.143. The highest BCUT2D eigenvalue weighted by atomic mass is 127. The summed E-state index contributed by atoms with van der Waals surface area (Å²) >= 11 is 0. The summed E-state index contributed by atoms with van der Waals surface area (Å²) in [5, 5.41) is 6.25. The molecule has 0 aliphatic rings. The monoisotopic (exact) mass is 532 g/mol. The number of nitrogens with zero attached hydrogens (tertiary/aromatic N) is 2. The molecule has 29 heavy (non-hydrogen) atoms. The summed E-state index contributed by atoms with van der Waals surface area (Å²) in [6, 6.07) is 7.40. The average molecular weight is 532 g/mol. The van der Waals surface area contributed by atoms with Crippen molar-refractivity contribution in [3.63, 3.8) is 0 Å². The fourth-order valence-electron chi connectivity index (χ4n) is 2.47. The number of benzene rings is 1. The smallest absolute Gasteiger partial charge is 0.401 e. The lowest BCUT2D eigenvalue weighted by Gasteiger charge is -2.19. The summed E-state index contributed by atoms with van der Waals surface area (Å²) in [4.78, 5) is 5.73. The van der Waals surface area contributed by atoms with E-state index in [2.05, 4.69) is 15.6 Å². The molecule has 0 saturated heterocycles. The van der Waals surface area contributed by atoms with Crippen molar-refractivity contribution in [2.45, 2.75) is 32.5 Å². The Morgan fingerprint density at radius 1 is 1.21 bits per heavy atom. The summed E-state index contributed by atoms with van der Waals surface area (Å²) in [6.45, 7) is 4.92. The van der Waals surface area contributed by atoms with E-state index in [1.165, 1.54) is 11.9 Å². The molecule has 0 spiro atoms. The summed E-state index contributed by atoms with van der Waals surface area (Å²) in [6.07, 6.45) is -3.77. The summed E-state index contributed by atoms with van der Waals surface area (Å²) in [5.74, 6) is 1.92. The second kappa shape index (κ2) is 14.5. The van der Waals surface area contributed by atoms with Crippen LogP contribution >= 0.6 is 24.0 Å². The molecule has 1 aromatic rings. The molecule has 0 saturated carbocycles. The zero-order valence-electron chi connectivity index (χ0n) is 17.4. The minimum atomic E-state index is -4.17. The van der Waals surface area contributed by atoms with Crippen LogP contribution in [0.1, 0.15) is 20.3 Å². The molecule has 1 unspecified atom stereocenters. The van der Waals surface area contributed by atoms with Crippen LogP contribution < -0.4 is 20.1 Å². The van der Waals surface area contributed by atoms with E-state index in [4.69, 9.17) is 9.47 Å². The summed E-state index contributed by atoms with van der Waals surface area (Å²) in [7, 11) is 3.05. The molecule has 1 atom stereocenters. The summed E-state index contributed by atoms with van der Waals surface area (Å²) < 4.78 is 48.1. The van der Waals surface area contributed by atoms with Crippen molar-refractivity contribution >= 4 is 29.9 Å². The predicted molar refractivity (Wildman–Crippen MR) is 121 cm³/mol. The van der Waals surface area contributed by atoms with Gasteiger partial charge in [0, 0.05) is 13.1 Å². The van der Waals surface area contributed by atoms with E-state index in [9.17, 15) is 13.2 Å². The Balaban J connectivity index is 0.00000784. The van der Waals surface area contributed by atoms with Gasteiger partial charge in [0.1, 0.15) is 6.10 Å². The highest BCUT2D eigenvalue weighted by Gasteiger charge is 2.28. The summed E-state index contributed by atoms with van der Waals surface area (Å²) in [5.41, 5.74) is 0. The van der Waals surface area contributed by atoms with Crippen LogP contribution in [0.4, 0.5) is 13.2 Å². The Morgan fingerprint density at radius 3 is 2.45 bits per heavy atom. The molecule has 168 valence electrons. The maximum Gasteiger partial charge on any atom is 0.401 e. The van der Waals surface area contributed by atoms with Gasteiger partial charge in [0.2, 0.25) is 0 Å². The van der Waals surface area contributed by atoms with Crippen molar-refractivity contribution in [1.29, 1.82) is 0 Å². The standard InChI is InChI=1S/C19H31F3N4O2.HI/c1-5-23-18(24-11-8-12-26(3)14-19(20,21)22)25-13-15(2)28-17-10-7-6-9-16(17)27-4;/h6-7,9-10,15H,5,8,11-14H2,1-4H3,(H2,23,24,25);1H. The number of para-hydroxylation sites is 2. The molecule has 0 aliphatic carbocycles. The first-order chi connectivity index (χ1) is 13.2. The molecule has 0 fully saturated rings. The van der Waals surface area contributed by atoms with Gasteiger partial charge in [-0.2, -0.15) is 13.2 Å². The first-order valence-electron chi connectivity index (χ1n) is 9.32. The van der Waals surface area contributed by atoms with E-state index in [-0.39, 0.29) is 30.1 Å². The van der Waals surface area contributed by atoms with Crippen molar-refractivity contribution in [3.05, 3.63) is 24.3 Å². The molecule has 2 N–H and O–H groups in total. The number of methoxy groups -OCH3 is 1. The topological polar surface area (TPSA) is 58.1 Å². The first-order valence-corrected chi connectivity index (χ1v) is 9.32. The van der Waals surface area contributed by atoms with Crippen molar-refractivity contribution in [2.75, 3.05) is 46.9 Å². The zero-order chi connectivity index (χ0) is 21.0. The minimum Gasteiger partial charge on any atom is -0.493 e. The molecule has 0 heterocycles. The van der Waals surface area contributed by atoms with E-state index in [1.807, 2.05) is 38.1 Å². The average Bonchev–Trinajstić information content (AvgIpc) is 2.62. The van der Waals surface area contributed by atoms with Crippen molar-refractivity contribution < 1.29 is 22.6 Å². The lowest BCUT2D eigenvalue weighted by Crippen LogP contribution is -2.40. The third-order valence-corrected chi connectivity index (χ3v) is 3.71. The van der Waals surface area contributed by atoms with E-state index >= 15 is 0 Å². The SMILES string of the molecule is CCNC(=NCC(C)Oc1ccccc1OC)NCCCN(C)CC(F)(F)F.I. The van der Waals surface area contributed by atoms with Crippen LogP contribution in [0.25, 0.3) is 0 Å². The van der Waals surface area contributed by atoms with E-state index in [0.717, 1.165) is 0 Å². The largest absolute Gasteiger partial charge is 0.493 e. The maximum atomic E-state index is 12.3. The number of hydrogen-bond acceptors (Lipinski definition) is 4. The van der Waals surface area contributed by atoms with Crippen LogP contribution in [-0.4, -0.2) is 70.0 Å². The molecule has 0 aliphatic heterocycles. The molecular weight excluding hydrogens is 500 g/mol. The van der Waals surface area contributed by atoms with E-state index in [0.29, 0.717) is 50.1 Å². The molecule has 0 bridgehead atoms. The normalized spacial score (nSPS) is 12.9. The highest BCUT2D eigenvalue weighted by Crippen LogP contribution is 2.26. The number of ether oxygens (including phenoxy) is 2. The third-order valence-electron chi connectivity index (χ3n) is 3.71. The molecule has 0 radical (unpaired) electrons. The van der Waals surface area contributed by atoms with Crippen LogP contribution in [-0.2, 0) is 0 Å². The predicted octanol–water partition coefficient (Wildman–Crippen LogP) is 3.52. The molecule has 0 amide bonds. The number of alkyl halides is 3. The highest BCUT2D eigenvalue weighted by molar-refractivity contribution is 14.0. The number of aliphatic imine (C=N–C) groups is 1. The van der Waals surface area contributed by atoms with Gasteiger partial charge in [-0.15, -0.1) is 24.0 Å². The maximum absolute atomic E-state index is 12.3. The van der Waals surface area contributed by atoms with Gasteiger partial charge >= 0.3 is 6.18 Å². The van der Waals surface area contributed by atoms with Crippen molar-refractivity contribution in [1.82, 2.24) is 15.5 Å². The van der Waals surface area contributed by atoms with Crippen molar-refractivity contribution in [3.8, 4) is 11.5 Å². The van der Waals surface area contributed by atoms with E-state index in [1.54, 1.807) is 7.11 Å². The number of halogens is 4. The Hall–Kier alpha value is -1.43. The number of rotatable bonds is 11. The Labute approximate surface area is 188 Å². The zero-order valence-corrected chi connectivity index (χ0v) is 19.7. The first kappa shape index (κ1) is 27.6. The van der Waals surface area contributed by atoms with Crippen molar-refractivity contribution in [2.24, 2.45) is 4.99 Å². The Morgan fingerprint density at radius 2 is 1.86 bits per heavy atom. The number of hydrogen-bond donors (Lipinski definition) is 2. The van der Waals surface area contributed by atoms with Gasteiger partial charge in [0.25, 0.3) is 0 Å². The Bertz CT molecular complexity index is 603. The van der Waals surface area contributed by atoms with Gasteiger partial charge in [-0.05, 0) is 46.0 Å². The molecule has 6 nitrogen and oxygen atoms in total.